The third kappa shape index (κ3) is 2.87. The molecule has 0 fully saturated rings. The predicted octanol–water partition coefficient (Wildman–Crippen LogP) is 2.91. The van der Waals surface area contributed by atoms with Crippen LogP contribution in [-0.4, -0.2) is 21.7 Å². The number of urea groups is 1. The average molecular weight is 381 g/mol. The number of primary amides is 2. The lowest BCUT2D eigenvalue weighted by Gasteiger charge is -2.20. The number of aromatic nitrogens is 2. The number of benzene rings is 1. The number of anilines is 1. The van der Waals surface area contributed by atoms with Crippen LogP contribution in [0.15, 0.2) is 36.5 Å². The summed E-state index contributed by atoms with van der Waals surface area (Å²) >= 11 is 1.32. The maximum atomic E-state index is 12.0. The van der Waals surface area contributed by atoms with Crippen molar-refractivity contribution in [2.75, 3.05) is 5.32 Å². The zero-order chi connectivity index (χ0) is 19.1. The first-order chi connectivity index (χ1) is 13.0. The number of nitrogens with zero attached hydrogens (tertiary/aromatic N) is 2. The lowest BCUT2D eigenvalue weighted by Crippen LogP contribution is -2.22. The zero-order valence-electron chi connectivity index (χ0n) is 14.7. The van der Waals surface area contributed by atoms with E-state index in [1.165, 1.54) is 16.9 Å². The third-order valence-electron chi connectivity index (χ3n) is 4.89. The Morgan fingerprint density at radius 3 is 2.63 bits per heavy atom. The number of hydrogen-bond donors (Lipinski definition) is 3. The quantitative estimate of drug-likeness (QED) is 0.645. The maximum absolute atomic E-state index is 12.0. The fraction of sp³-hybridized carbons (Fsp3) is 0.211. The van der Waals surface area contributed by atoms with Gasteiger partial charge in [0.1, 0.15) is 5.00 Å². The summed E-state index contributed by atoms with van der Waals surface area (Å²) in [4.78, 5) is 24.2. The summed E-state index contributed by atoms with van der Waals surface area (Å²) in [7, 11) is 0. The summed E-state index contributed by atoms with van der Waals surface area (Å²) in [5.74, 6) is -0.565. The van der Waals surface area contributed by atoms with Gasteiger partial charge in [-0.15, -0.1) is 11.3 Å². The number of amides is 3. The predicted molar refractivity (Wildman–Crippen MR) is 105 cm³/mol. The highest BCUT2D eigenvalue weighted by atomic mass is 32.1. The minimum atomic E-state index is -0.718. The number of nitrogens with one attached hydrogen (secondary N) is 1. The van der Waals surface area contributed by atoms with Crippen molar-refractivity contribution in [3.8, 4) is 10.4 Å². The van der Waals surface area contributed by atoms with Gasteiger partial charge in [0.05, 0.1) is 17.8 Å². The van der Waals surface area contributed by atoms with Crippen molar-refractivity contribution in [2.45, 2.75) is 25.8 Å². The van der Waals surface area contributed by atoms with Gasteiger partial charge in [-0.2, -0.15) is 5.10 Å². The van der Waals surface area contributed by atoms with Crippen LogP contribution in [0.5, 0.6) is 0 Å². The second-order valence-electron chi connectivity index (χ2n) is 6.50. The molecule has 0 spiro atoms. The van der Waals surface area contributed by atoms with Crippen LogP contribution in [0, 0.1) is 0 Å². The Balaban J connectivity index is 1.80. The van der Waals surface area contributed by atoms with Gasteiger partial charge in [-0.25, -0.2) is 4.79 Å². The van der Waals surface area contributed by atoms with Crippen LogP contribution >= 0.6 is 11.3 Å². The van der Waals surface area contributed by atoms with Crippen molar-refractivity contribution in [2.24, 2.45) is 11.5 Å². The Morgan fingerprint density at radius 1 is 1.22 bits per heavy atom. The molecule has 5 N–H and O–H groups in total. The van der Waals surface area contributed by atoms with E-state index in [4.69, 9.17) is 11.5 Å². The van der Waals surface area contributed by atoms with Gasteiger partial charge in [-0.1, -0.05) is 30.3 Å². The Labute approximate surface area is 160 Å². The standard InChI is InChI=1S/C19H19N5O2S/c1-10(11-5-3-2-4-6-11)24-14-8-7-12-15(17(20)25)18(23-19(21)26)27-16(12)13(14)9-22-24/h2-6,9-10H,7-8H2,1H3,(H2,20,25)(H3,21,23,26). The highest BCUT2D eigenvalue weighted by Gasteiger charge is 2.30. The molecule has 1 aromatic carbocycles. The fourth-order valence-corrected chi connectivity index (χ4v) is 4.95. The van der Waals surface area contributed by atoms with Crippen molar-refractivity contribution < 1.29 is 9.59 Å². The summed E-state index contributed by atoms with van der Waals surface area (Å²) in [5, 5.41) is 7.54. The molecule has 1 aliphatic carbocycles. The molecule has 0 saturated heterocycles. The molecule has 3 amide bonds. The van der Waals surface area contributed by atoms with Crippen LogP contribution < -0.4 is 16.8 Å². The molecule has 2 heterocycles. The molecule has 7 nitrogen and oxygen atoms in total. The van der Waals surface area contributed by atoms with Gasteiger partial charge in [-0.3, -0.25) is 14.8 Å². The zero-order valence-corrected chi connectivity index (χ0v) is 15.5. The summed E-state index contributed by atoms with van der Waals surface area (Å²) < 4.78 is 2.03. The average Bonchev–Trinajstić information content (AvgIpc) is 3.22. The fourth-order valence-electron chi connectivity index (χ4n) is 3.66. The SMILES string of the molecule is CC(c1ccccc1)n1ncc2c1CCc1c-2sc(NC(N)=O)c1C(N)=O. The van der Waals surface area contributed by atoms with Gasteiger partial charge in [0.15, 0.2) is 0 Å². The highest BCUT2D eigenvalue weighted by Crippen LogP contribution is 2.45. The summed E-state index contributed by atoms with van der Waals surface area (Å²) in [6.07, 6.45) is 3.22. The van der Waals surface area contributed by atoms with E-state index in [1.54, 1.807) is 0 Å². The van der Waals surface area contributed by atoms with Crippen LogP contribution in [0.4, 0.5) is 9.80 Å². The molecule has 0 bridgehead atoms. The van der Waals surface area contributed by atoms with Crippen LogP contribution in [-0.2, 0) is 12.8 Å². The smallest absolute Gasteiger partial charge is 0.317 e. The van der Waals surface area contributed by atoms with E-state index >= 15 is 0 Å². The van der Waals surface area contributed by atoms with Gasteiger partial charge in [0.2, 0.25) is 0 Å². The Kier molecular flexibility index (Phi) is 4.19. The number of thiophene rings is 1. The molecule has 2 aromatic heterocycles. The second kappa shape index (κ2) is 6.55. The molecule has 0 aliphatic heterocycles. The Hall–Kier alpha value is -3.13. The van der Waals surface area contributed by atoms with E-state index in [0.29, 0.717) is 17.0 Å². The van der Waals surface area contributed by atoms with Gasteiger partial charge in [0, 0.05) is 16.1 Å². The minimum absolute atomic E-state index is 0.0929. The highest BCUT2D eigenvalue weighted by molar-refractivity contribution is 7.20. The van der Waals surface area contributed by atoms with Crippen molar-refractivity contribution in [3.63, 3.8) is 0 Å². The van der Waals surface area contributed by atoms with E-state index in [2.05, 4.69) is 29.5 Å². The first-order valence-electron chi connectivity index (χ1n) is 8.61. The van der Waals surface area contributed by atoms with E-state index in [9.17, 15) is 9.59 Å². The molecule has 0 saturated carbocycles. The number of fused-ring (bicyclic) bond motifs is 3. The summed E-state index contributed by atoms with van der Waals surface area (Å²) in [6.45, 7) is 2.11. The largest absolute Gasteiger partial charge is 0.365 e. The summed E-state index contributed by atoms with van der Waals surface area (Å²) in [6, 6.07) is 9.56. The van der Waals surface area contributed by atoms with E-state index in [1.807, 2.05) is 29.1 Å². The molecule has 138 valence electrons. The van der Waals surface area contributed by atoms with Crippen LogP contribution in [0.2, 0.25) is 0 Å². The minimum Gasteiger partial charge on any atom is -0.365 e. The van der Waals surface area contributed by atoms with Crippen molar-refractivity contribution >= 4 is 28.3 Å². The van der Waals surface area contributed by atoms with Crippen molar-refractivity contribution in [3.05, 3.63) is 58.9 Å². The van der Waals surface area contributed by atoms with Crippen molar-refractivity contribution in [1.82, 2.24) is 9.78 Å². The van der Waals surface area contributed by atoms with E-state index < -0.39 is 11.9 Å². The lowest BCUT2D eigenvalue weighted by atomic mass is 9.93. The molecular weight excluding hydrogens is 362 g/mol. The number of nitrogens with two attached hydrogens (primary N) is 2. The normalized spacial score (nSPS) is 13.5. The van der Waals surface area contributed by atoms with Gasteiger partial charge < -0.3 is 11.5 Å². The number of rotatable bonds is 4. The lowest BCUT2D eigenvalue weighted by molar-refractivity contribution is 0.100. The molecule has 3 aromatic rings. The molecule has 4 rings (SSSR count). The van der Waals surface area contributed by atoms with Crippen LogP contribution in [0.25, 0.3) is 10.4 Å². The molecule has 1 aliphatic rings. The van der Waals surface area contributed by atoms with E-state index in [0.717, 1.165) is 28.1 Å². The first-order valence-corrected chi connectivity index (χ1v) is 9.42. The van der Waals surface area contributed by atoms with Crippen molar-refractivity contribution in [1.29, 1.82) is 0 Å². The van der Waals surface area contributed by atoms with Crippen LogP contribution in [0.3, 0.4) is 0 Å². The molecule has 0 radical (unpaired) electrons. The van der Waals surface area contributed by atoms with Crippen LogP contribution in [0.1, 0.15) is 40.1 Å². The molecule has 1 atom stereocenters. The summed E-state index contributed by atoms with van der Waals surface area (Å²) in [5.41, 5.74) is 15.3. The number of carbonyl (C=O) groups is 2. The first kappa shape index (κ1) is 17.3. The number of carbonyl (C=O) groups excluding carboxylic acids is 2. The van der Waals surface area contributed by atoms with E-state index in [-0.39, 0.29) is 6.04 Å². The molecule has 1 unspecified atom stereocenters. The second-order valence-corrected chi connectivity index (χ2v) is 7.52. The number of hydrogen-bond acceptors (Lipinski definition) is 4. The Morgan fingerprint density at radius 2 is 1.96 bits per heavy atom. The third-order valence-corrected chi connectivity index (χ3v) is 6.07. The maximum Gasteiger partial charge on any atom is 0.317 e. The molecule has 27 heavy (non-hydrogen) atoms. The van der Waals surface area contributed by atoms with Gasteiger partial charge in [0.25, 0.3) is 5.91 Å². The molecular formula is C19H19N5O2S. The van der Waals surface area contributed by atoms with Gasteiger partial charge in [-0.05, 0) is 30.9 Å². The molecule has 8 heteroatoms. The topological polar surface area (TPSA) is 116 Å². The Bertz CT molecular complexity index is 1040. The monoisotopic (exact) mass is 381 g/mol. The van der Waals surface area contributed by atoms with Gasteiger partial charge >= 0.3 is 6.03 Å².